The molecule has 0 aliphatic carbocycles. The van der Waals surface area contributed by atoms with E-state index in [0.717, 1.165) is 24.5 Å². The summed E-state index contributed by atoms with van der Waals surface area (Å²) in [5.74, 6) is 0.686. The molecule has 122 valence electrons. The molecule has 1 aromatic carbocycles. The van der Waals surface area contributed by atoms with E-state index >= 15 is 0 Å². The third-order valence-corrected chi connectivity index (χ3v) is 5.07. The van der Waals surface area contributed by atoms with Gasteiger partial charge < -0.3 is 10.6 Å². The number of likely N-dealkylation sites (tertiary alicyclic amines) is 1. The van der Waals surface area contributed by atoms with Crippen LogP contribution in [0.2, 0.25) is 5.02 Å². The van der Waals surface area contributed by atoms with Crippen molar-refractivity contribution in [2.24, 2.45) is 17.1 Å². The van der Waals surface area contributed by atoms with Gasteiger partial charge in [0.25, 0.3) is 0 Å². The summed E-state index contributed by atoms with van der Waals surface area (Å²) in [4.78, 5) is 14.4. The molecule has 1 aliphatic rings. The molecule has 1 aromatic rings. The SMILES string of the molecule is CC(C)[C@@H](N)C(=O)N1CCC(c2ccc(Cl)cc2)C(C)(C)C1. The van der Waals surface area contributed by atoms with E-state index in [1.54, 1.807) is 0 Å². The molecule has 1 fully saturated rings. The summed E-state index contributed by atoms with van der Waals surface area (Å²) in [6.07, 6.45) is 0.963. The molecule has 0 saturated carbocycles. The summed E-state index contributed by atoms with van der Waals surface area (Å²) in [5.41, 5.74) is 7.36. The molecule has 22 heavy (non-hydrogen) atoms. The Labute approximate surface area is 138 Å². The van der Waals surface area contributed by atoms with Gasteiger partial charge in [0.05, 0.1) is 6.04 Å². The Morgan fingerprint density at radius 3 is 2.41 bits per heavy atom. The molecule has 0 aromatic heterocycles. The molecule has 0 radical (unpaired) electrons. The summed E-state index contributed by atoms with van der Waals surface area (Å²) in [7, 11) is 0. The van der Waals surface area contributed by atoms with Crippen molar-refractivity contribution < 1.29 is 4.79 Å². The Morgan fingerprint density at radius 2 is 1.91 bits per heavy atom. The van der Waals surface area contributed by atoms with Crippen LogP contribution in [-0.4, -0.2) is 29.9 Å². The van der Waals surface area contributed by atoms with Gasteiger partial charge in [-0.3, -0.25) is 4.79 Å². The number of benzene rings is 1. The first-order chi connectivity index (χ1) is 10.2. The second-order valence-electron chi connectivity index (χ2n) is 7.41. The van der Waals surface area contributed by atoms with Gasteiger partial charge in [-0.25, -0.2) is 0 Å². The van der Waals surface area contributed by atoms with Crippen molar-refractivity contribution in [1.29, 1.82) is 0 Å². The lowest BCUT2D eigenvalue weighted by Gasteiger charge is -2.45. The number of halogens is 1. The monoisotopic (exact) mass is 322 g/mol. The van der Waals surface area contributed by atoms with Gasteiger partial charge in [-0.05, 0) is 41.4 Å². The zero-order valence-corrected chi connectivity index (χ0v) is 14.7. The Kier molecular flexibility index (Phi) is 5.18. The Balaban J connectivity index is 2.12. The Hall–Kier alpha value is -1.06. The molecular weight excluding hydrogens is 296 g/mol. The van der Waals surface area contributed by atoms with E-state index in [1.807, 2.05) is 30.9 Å². The molecule has 3 nitrogen and oxygen atoms in total. The molecule has 1 unspecified atom stereocenters. The first kappa shape index (κ1) is 17.3. The Morgan fingerprint density at radius 1 is 1.32 bits per heavy atom. The van der Waals surface area contributed by atoms with Crippen LogP contribution in [-0.2, 0) is 4.79 Å². The van der Waals surface area contributed by atoms with E-state index < -0.39 is 6.04 Å². The average Bonchev–Trinajstić information content (AvgIpc) is 2.45. The van der Waals surface area contributed by atoms with Gasteiger partial charge in [-0.1, -0.05) is 51.4 Å². The van der Waals surface area contributed by atoms with Crippen LogP contribution in [0.15, 0.2) is 24.3 Å². The third kappa shape index (κ3) is 3.64. The molecule has 0 spiro atoms. The van der Waals surface area contributed by atoms with Crippen LogP contribution in [0, 0.1) is 11.3 Å². The summed E-state index contributed by atoms with van der Waals surface area (Å²) in [6.45, 7) is 9.97. The molecule has 0 bridgehead atoms. The minimum Gasteiger partial charge on any atom is -0.341 e. The predicted octanol–water partition coefficient (Wildman–Crippen LogP) is 3.67. The van der Waals surface area contributed by atoms with Gasteiger partial charge in [0.15, 0.2) is 0 Å². The number of nitrogens with zero attached hydrogens (tertiary/aromatic N) is 1. The third-order valence-electron chi connectivity index (χ3n) is 4.82. The van der Waals surface area contributed by atoms with Gasteiger partial charge in [-0.15, -0.1) is 0 Å². The molecule has 2 atom stereocenters. The number of carbonyl (C=O) groups excluding carboxylic acids is 1. The van der Waals surface area contributed by atoms with Crippen LogP contribution >= 0.6 is 11.6 Å². The molecule has 1 saturated heterocycles. The second-order valence-corrected chi connectivity index (χ2v) is 7.85. The standard InChI is InChI=1S/C18H27ClN2O/c1-12(2)16(20)17(22)21-10-9-15(18(3,4)11-21)13-5-7-14(19)8-6-13/h5-8,12,15-16H,9-11,20H2,1-4H3/t15?,16-/m1/s1. The lowest BCUT2D eigenvalue weighted by Crippen LogP contribution is -2.53. The molecule has 1 amide bonds. The van der Waals surface area contributed by atoms with Crippen LogP contribution in [0.4, 0.5) is 0 Å². The Bertz CT molecular complexity index is 524. The fraction of sp³-hybridized carbons (Fsp3) is 0.611. The molecule has 2 rings (SSSR count). The van der Waals surface area contributed by atoms with E-state index in [9.17, 15) is 4.79 Å². The molecule has 4 heteroatoms. The highest BCUT2D eigenvalue weighted by atomic mass is 35.5. The maximum absolute atomic E-state index is 12.5. The second kappa shape index (κ2) is 6.59. The van der Waals surface area contributed by atoms with Crippen molar-refractivity contribution in [3.05, 3.63) is 34.9 Å². The summed E-state index contributed by atoms with van der Waals surface area (Å²) in [6, 6.07) is 7.69. The largest absolute Gasteiger partial charge is 0.341 e. The van der Waals surface area contributed by atoms with E-state index in [-0.39, 0.29) is 17.2 Å². The number of nitrogens with two attached hydrogens (primary N) is 1. The normalized spacial score (nSPS) is 22.7. The topological polar surface area (TPSA) is 46.3 Å². The first-order valence-electron chi connectivity index (χ1n) is 8.02. The number of hydrogen-bond acceptors (Lipinski definition) is 2. The average molecular weight is 323 g/mol. The van der Waals surface area contributed by atoms with Crippen molar-refractivity contribution in [3.63, 3.8) is 0 Å². The van der Waals surface area contributed by atoms with E-state index in [4.69, 9.17) is 17.3 Å². The summed E-state index contributed by atoms with van der Waals surface area (Å²) >= 11 is 5.98. The van der Waals surface area contributed by atoms with Gasteiger partial charge >= 0.3 is 0 Å². The smallest absolute Gasteiger partial charge is 0.239 e. The maximum atomic E-state index is 12.5. The van der Waals surface area contributed by atoms with Gasteiger partial charge in [-0.2, -0.15) is 0 Å². The number of carbonyl (C=O) groups is 1. The van der Waals surface area contributed by atoms with Gasteiger partial charge in [0.2, 0.25) is 5.91 Å². The first-order valence-corrected chi connectivity index (χ1v) is 8.40. The van der Waals surface area contributed by atoms with E-state index in [1.165, 1.54) is 5.56 Å². The van der Waals surface area contributed by atoms with Gasteiger partial charge in [0, 0.05) is 18.1 Å². The zero-order valence-electron chi connectivity index (χ0n) is 14.0. The fourth-order valence-electron chi connectivity index (χ4n) is 3.35. The van der Waals surface area contributed by atoms with Crippen molar-refractivity contribution >= 4 is 17.5 Å². The minimum absolute atomic E-state index is 0.0262. The highest BCUT2D eigenvalue weighted by molar-refractivity contribution is 6.30. The number of hydrogen-bond donors (Lipinski definition) is 1. The van der Waals surface area contributed by atoms with Crippen molar-refractivity contribution in [2.75, 3.05) is 13.1 Å². The quantitative estimate of drug-likeness (QED) is 0.923. The molecule has 1 aliphatic heterocycles. The fourth-order valence-corrected chi connectivity index (χ4v) is 3.48. The minimum atomic E-state index is -0.400. The van der Waals surface area contributed by atoms with Crippen LogP contribution in [0.5, 0.6) is 0 Å². The van der Waals surface area contributed by atoms with Crippen LogP contribution in [0.25, 0.3) is 0 Å². The summed E-state index contributed by atoms with van der Waals surface area (Å²) < 4.78 is 0. The maximum Gasteiger partial charge on any atom is 0.239 e. The predicted molar refractivity (Wildman–Crippen MR) is 92.0 cm³/mol. The van der Waals surface area contributed by atoms with Crippen LogP contribution in [0.1, 0.15) is 45.6 Å². The lowest BCUT2D eigenvalue weighted by atomic mass is 9.70. The van der Waals surface area contributed by atoms with E-state index in [0.29, 0.717) is 5.92 Å². The van der Waals surface area contributed by atoms with Crippen molar-refractivity contribution in [2.45, 2.75) is 46.1 Å². The van der Waals surface area contributed by atoms with E-state index in [2.05, 4.69) is 26.0 Å². The highest BCUT2D eigenvalue weighted by Crippen LogP contribution is 2.42. The number of rotatable bonds is 3. The highest BCUT2D eigenvalue weighted by Gasteiger charge is 2.39. The molecular formula is C18H27ClN2O. The lowest BCUT2D eigenvalue weighted by molar-refractivity contribution is -0.137. The zero-order chi connectivity index (χ0) is 16.5. The van der Waals surface area contributed by atoms with Crippen molar-refractivity contribution in [3.8, 4) is 0 Å². The van der Waals surface area contributed by atoms with Gasteiger partial charge in [0.1, 0.15) is 0 Å². The summed E-state index contributed by atoms with van der Waals surface area (Å²) in [5, 5.41) is 0.761. The van der Waals surface area contributed by atoms with Crippen LogP contribution < -0.4 is 5.73 Å². The molecule has 1 heterocycles. The number of amides is 1. The van der Waals surface area contributed by atoms with Crippen molar-refractivity contribution in [1.82, 2.24) is 4.90 Å². The van der Waals surface area contributed by atoms with Crippen LogP contribution in [0.3, 0.4) is 0 Å². The number of piperidine rings is 1. The molecule has 2 N–H and O–H groups in total.